The number of carbonyl (C=O) groups excluding carboxylic acids is 1. The van der Waals surface area contributed by atoms with E-state index in [2.05, 4.69) is 10.6 Å². The molecule has 2 rings (SSSR count). The van der Waals surface area contributed by atoms with Crippen LogP contribution < -0.4 is 10.6 Å². The summed E-state index contributed by atoms with van der Waals surface area (Å²) in [6.07, 6.45) is 0. The summed E-state index contributed by atoms with van der Waals surface area (Å²) >= 11 is 6.18. The highest BCUT2D eigenvalue weighted by Gasteiger charge is 2.28. The molecule has 1 unspecified atom stereocenters. The molecule has 1 saturated heterocycles. The normalized spacial score (nSPS) is 18.6. The van der Waals surface area contributed by atoms with Crippen molar-refractivity contribution in [3.63, 3.8) is 0 Å². The number of benzene rings is 1. The van der Waals surface area contributed by atoms with Crippen LogP contribution in [0.2, 0.25) is 0 Å². The van der Waals surface area contributed by atoms with E-state index in [0.717, 1.165) is 0 Å². The molecule has 0 aliphatic carbocycles. The summed E-state index contributed by atoms with van der Waals surface area (Å²) in [5.74, 6) is -1.10. The fraction of sp³-hybridized carbons (Fsp3) is 0.182. The SMILES string of the molecule is O=C(O)c1cccc(NCC2SC(=S)NC2=O)c1. The maximum absolute atomic E-state index is 11.4. The fourth-order valence-corrected chi connectivity index (χ4v) is 2.70. The molecule has 0 saturated carbocycles. The maximum Gasteiger partial charge on any atom is 0.335 e. The van der Waals surface area contributed by atoms with Crippen molar-refractivity contribution < 1.29 is 14.7 Å². The van der Waals surface area contributed by atoms with Crippen molar-refractivity contribution in [1.29, 1.82) is 0 Å². The summed E-state index contributed by atoms with van der Waals surface area (Å²) in [5.41, 5.74) is 0.875. The van der Waals surface area contributed by atoms with Crippen LogP contribution in [0.4, 0.5) is 5.69 Å². The number of amides is 1. The lowest BCUT2D eigenvalue weighted by atomic mass is 10.2. The van der Waals surface area contributed by atoms with E-state index in [4.69, 9.17) is 17.3 Å². The van der Waals surface area contributed by atoms with E-state index in [-0.39, 0.29) is 16.7 Å². The highest BCUT2D eigenvalue weighted by Crippen LogP contribution is 2.20. The van der Waals surface area contributed by atoms with Crippen molar-refractivity contribution in [2.45, 2.75) is 5.25 Å². The summed E-state index contributed by atoms with van der Waals surface area (Å²) in [4.78, 5) is 22.2. The third kappa shape index (κ3) is 2.99. The zero-order valence-corrected chi connectivity index (χ0v) is 10.8. The number of anilines is 1. The Bertz CT molecular complexity index is 519. The van der Waals surface area contributed by atoms with Crippen LogP contribution >= 0.6 is 24.0 Å². The molecule has 94 valence electrons. The number of carboxylic acids is 1. The smallest absolute Gasteiger partial charge is 0.335 e. The van der Waals surface area contributed by atoms with Crippen molar-refractivity contribution in [3.8, 4) is 0 Å². The Morgan fingerprint density at radius 3 is 2.94 bits per heavy atom. The topological polar surface area (TPSA) is 78.4 Å². The third-order valence-corrected chi connectivity index (χ3v) is 3.74. The lowest BCUT2D eigenvalue weighted by molar-refractivity contribution is -0.118. The Labute approximate surface area is 113 Å². The van der Waals surface area contributed by atoms with Gasteiger partial charge in [0.1, 0.15) is 9.57 Å². The van der Waals surface area contributed by atoms with Crippen LogP contribution in [-0.4, -0.2) is 33.1 Å². The minimum Gasteiger partial charge on any atom is -0.478 e. The molecule has 1 amide bonds. The van der Waals surface area contributed by atoms with Gasteiger partial charge in [0.2, 0.25) is 5.91 Å². The number of thiocarbonyl (C=S) groups is 1. The van der Waals surface area contributed by atoms with Crippen LogP contribution in [0.5, 0.6) is 0 Å². The largest absolute Gasteiger partial charge is 0.478 e. The monoisotopic (exact) mass is 282 g/mol. The molecule has 0 bridgehead atoms. The molecule has 18 heavy (non-hydrogen) atoms. The molecule has 1 fully saturated rings. The van der Waals surface area contributed by atoms with E-state index in [0.29, 0.717) is 16.6 Å². The molecule has 7 heteroatoms. The second kappa shape index (κ2) is 5.36. The molecule has 0 radical (unpaired) electrons. The first-order valence-corrected chi connectivity index (χ1v) is 6.44. The first kappa shape index (κ1) is 12.8. The van der Waals surface area contributed by atoms with Gasteiger partial charge in [-0.2, -0.15) is 0 Å². The Balaban J connectivity index is 1.98. The van der Waals surface area contributed by atoms with Gasteiger partial charge in [-0.3, -0.25) is 4.79 Å². The van der Waals surface area contributed by atoms with E-state index in [9.17, 15) is 9.59 Å². The van der Waals surface area contributed by atoms with Crippen LogP contribution in [0.3, 0.4) is 0 Å². The number of rotatable bonds is 4. The van der Waals surface area contributed by atoms with Crippen LogP contribution in [0.25, 0.3) is 0 Å². The number of hydrogen-bond donors (Lipinski definition) is 3. The van der Waals surface area contributed by atoms with Gasteiger partial charge in [-0.05, 0) is 18.2 Å². The lowest BCUT2D eigenvalue weighted by Crippen LogP contribution is -2.28. The van der Waals surface area contributed by atoms with Gasteiger partial charge in [0, 0.05) is 12.2 Å². The lowest BCUT2D eigenvalue weighted by Gasteiger charge is -2.09. The van der Waals surface area contributed by atoms with Gasteiger partial charge in [0.15, 0.2) is 0 Å². The predicted octanol–water partition coefficient (Wildman–Crippen LogP) is 1.31. The number of carbonyl (C=O) groups is 2. The zero-order valence-electron chi connectivity index (χ0n) is 9.17. The molecular formula is C11H10N2O3S2. The fourth-order valence-electron chi connectivity index (χ4n) is 1.50. The minimum atomic E-state index is -0.979. The maximum atomic E-state index is 11.4. The van der Waals surface area contributed by atoms with E-state index in [1.165, 1.54) is 23.9 Å². The molecule has 1 heterocycles. The van der Waals surface area contributed by atoms with Crippen molar-refractivity contribution >= 4 is 45.9 Å². The van der Waals surface area contributed by atoms with Gasteiger partial charge in [0.25, 0.3) is 0 Å². The van der Waals surface area contributed by atoms with Gasteiger partial charge in [-0.1, -0.05) is 30.0 Å². The first-order chi connectivity index (χ1) is 8.56. The molecule has 1 atom stereocenters. The van der Waals surface area contributed by atoms with E-state index in [1.54, 1.807) is 12.1 Å². The third-order valence-electron chi connectivity index (χ3n) is 2.37. The van der Waals surface area contributed by atoms with Crippen LogP contribution in [0, 0.1) is 0 Å². The highest BCUT2D eigenvalue weighted by atomic mass is 32.2. The summed E-state index contributed by atoms with van der Waals surface area (Å²) in [6.45, 7) is 0.402. The number of carboxylic acid groups (broad SMARTS) is 1. The number of thioether (sulfide) groups is 1. The Hall–Kier alpha value is -1.60. The summed E-state index contributed by atoms with van der Waals surface area (Å²) < 4.78 is 0.478. The second-order valence-corrected chi connectivity index (χ2v) is 5.53. The van der Waals surface area contributed by atoms with Crippen LogP contribution in [0.1, 0.15) is 10.4 Å². The van der Waals surface area contributed by atoms with Gasteiger partial charge in [-0.15, -0.1) is 0 Å². The van der Waals surface area contributed by atoms with Gasteiger partial charge in [-0.25, -0.2) is 4.79 Å². The molecule has 1 aliphatic rings. The Morgan fingerprint density at radius 2 is 2.33 bits per heavy atom. The van der Waals surface area contributed by atoms with Gasteiger partial charge >= 0.3 is 5.97 Å². The van der Waals surface area contributed by atoms with Crippen molar-refractivity contribution in [2.75, 3.05) is 11.9 Å². The second-order valence-electron chi connectivity index (χ2n) is 3.65. The van der Waals surface area contributed by atoms with Crippen molar-refractivity contribution in [2.24, 2.45) is 0 Å². The van der Waals surface area contributed by atoms with Crippen LogP contribution in [-0.2, 0) is 4.79 Å². The summed E-state index contributed by atoms with van der Waals surface area (Å²) in [7, 11) is 0. The van der Waals surface area contributed by atoms with Crippen LogP contribution in [0.15, 0.2) is 24.3 Å². The molecule has 1 aliphatic heterocycles. The molecule has 0 aromatic heterocycles. The number of nitrogens with one attached hydrogen (secondary N) is 2. The highest BCUT2D eigenvalue weighted by molar-refractivity contribution is 8.24. The van der Waals surface area contributed by atoms with Gasteiger partial charge < -0.3 is 15.7 Å². The Morgan fingerprint density at radius 1 is 1.56 bits per heavy atom. The quantitative estimate of drug-likeness (QED) is 0.723. The van der Waals surface area contributed by atoms with Crippen molar-refractivity contribution in [1.82, 2.24) is 5.32 Å². The average Bonchev–Trinajstić information content (AvgIpc) is 2.65. The molecule has 0 spiro atoms. The number of hydrogen-bond acceptors (Lipinski definition) is 5. The standard InChI is InChI=1S/C11H10N2O3S2/c14-9-8(18-11(17)13-9)5-12-7-3-1-2-6(4-7)10(15)16/h1-4,8,12H,5H2,(H,15,16)(H,13,14,17). The molecule has 5 nitrogen and oxygen atoms in total. The molecule has 3 N–H and O–H groups in total. The first-order valence-electron chi connectivity index (χ1n) is 5.15. The Kier molecular flexibility index (Phi) is 3.83. The minimum absolute atomic E-state index is 0.119. The summed E-state index contributed by atoms with van der Waals surface area (Å²) in [5, 5.41) is 14.2. The summed E-state index contributed by atoms with van der Waals surface area (Å²) in [6, 6.07) is 6.44. The molecule has 1 aromatic carbocycles. The molecular weight excluding hydrogens is 272 g/mol. The van der Waals surface area contributed by atoms with E-state index in [1.807, 2.05) is 0 Å². The molecule has 1 aromatic rings. The zero-order chi connectivity index (χ0) is 13.1. The number of aromatic carboxylic acids is 1. The van der Waals surface area contributed by atoms with Gasteiger partial charge in [0.05, 0.1) is 5.56 Å². The van der Waals surface area contributed by atoms with E-state index < -0.39 is 5.97 Å². The van der Waals surface area contributed by atoms with E-state index >= 15 is 0 Å². The average molecular weight is 282 g/mol. The predicted molar refractivity (Wildman–Crippen MR) is 74.0 cm³/mol. The van der Waals surface area contributed by atoms with Crippen molar-refractivity contribution in [3.05, 3.63) is 29.8 Å².